The van der Waals surface area contributed by atoms with Gasteiger partial charge in [0.15, 0.2) is 0 Å². The Labute approximate surface area is 92.8 Å². The number of hydrogen-bond donors (Lipinski definition) is 2. The molecule has 1 saturated heterocycles. The van der Waals surface area contributed by atoms with Crippen molar-refractivity contribution in [2.24, 2.45) is 0 Å². The molecule has 1 aliphatic heterocycles. The van der Waals surface area contributed by atoms with Gasteiger partial charge in [-0.25, -0.2) is 0 Å². The van der Waals surface area contributed by atoms with Gasteiger partial charge in [-0.3, -0.25) is 5.10 Å². The van der Waals surface area contributed by atoms with Crippen molar-refractivity contribution in [2.45, 2.75) is 38.6 Å². The zero-order chi connectivity index (χ0) is 9.97. The smallest absolute Gasteiger partial charge is 0.0936 e. The van der Waals surface area contributed by atoms with Crippen LogP contribution in [-0.2, 0) is 6.42 Å². The third kappa shape index (κ3) is 1.86. The molecule has 0 radical (unpaired) electrons. The second-order valence-corrected chi connectivity index (χ2v) is 4.55. The molecular formula is C10H16BrN3. The third-order valence-electron chi connectivity index (χ3n) is 2.80. The predicted octanol–water partition coefficient (Wildman–Crippen LogP) is 2.55. The van der Waals surface area contributed by atoms with Gasteiger partial charge in [0.25, 0.3) is 0 Å². The van der Waals surface area contributed by atoms with Crippen LogP contribution in [0, 0.1) is 0 Å². The number of nitrogens with zero attached hydrogens (tertiary/aromatic N) is 1. The lowest BCUT2D eigenvalue weighted by atomic mass is 10.0. The highest BCUT2D eigenvalue weighted by Gasteiger charge is 2.21. The molecule has 0 spiro atoms. The van der Waals surface area contributed by atoms with Gasteiger partial charge in [0, 0.05) is 5.69 Å². The number of piperidine rings is 1. The summed E-state index contributed by atoms with van der Waals surface area (Å²) in [5.41, 5.74) is 2.36. The van der Waals surface area contributed by atoms with Crippen molar-refractivity contribution < 1.29 is 0 Å². The summed E-state index contributed by atoms with van der Waals surface area (Å²) in [4.78, 5) is 0. The summed E-state index contributed by atoms with van der Waals surface area (Å²) in [5.74, 6) is 0. The molecule has 0 amide bonds. The maximum atomic E-state index is 4.38. The molecule has 1 aromatic heterocycles. The SMILES string of the molecule is CCc1[nH]nc(C2CCCCN2)c1Br. The quantitative estimate of drug-likeness (QED) is 0.855. The average molecular weight is 258 g/mol. The molecule has 0 bridgehead atoms. The largest absolute Gasteiger partial charge is 0.309 e. The van der Waals surface area contributed by atoms with Crippen molar-refractivity contribution in [3.8, 4) is 0 Å². The highest BCUT2D eigenvalue weighted by Crippen LogP contribution is 2.29. The monoisotopic (exact) mass is 257 g/mol. The second-order valence-electron chi connectivity index (χ2n) is 3.76. The van der Waals surface area contributed by atoms with Gasteiger partial charge in [0.1, 0.15) is 0 Å². The maximum absolute atomic E-state index is 4.38. The molecular weight excluding hydrogens is 242 g/mol. The van der Waals surface area contributed by atoms with E-state index in [1.807, 2.05) is 0 Å². The average Bonchev–Trinajstić information content (AvgIpc) is 2.61. The van der Waals surface area contributed by atoms with Crippen molar-refractivity contribution in [1.82, 2.24) is 15.5 Å². The zero-order valence-electron chi connectivity index (χ0n) is 8.44. The van der Waals surface area contributed by atoms with Crippen LogP contribution < -0.4 is 5.32 Å². The predicted molar refractivity (Wildman–Crippen MR) is 60.3 cm³/mol. The van der Waals surface area contributed by atoms with E-state index in [-0.39, 0.29) is 0 Å². The molecule has 1 atom stereocenters. The minimum Gasteiger partial charge on any atom is -0.309 e. The number of rotatable bonds is 2. The van der Waals surface area contributed by atoms with Gasteiger partial charge < -0.3 is 5.32 Å². The Morgan fingerprint density at radius 2 is 2.36 bits per heavy atom. The highest BCUT2D eigenvalue weighted by atomic mass is 79.9. The molecule has 3 nitrogen and oxygen atoms in total. The van der Waals surface area contributed by atoms with Gasteiger partial charge in [0.2, 0.25) is 0 Å². The van der Waals surface area contributed by atoms with E-state index in [0.29, 0.717) is 6.04 Å². The lowest BCUT2D eigenvalue weighted by Crippen LogP contribution is -2.27. The summed E-state index contributed by atoms with van der Waals surface area (Å²) < 4.78 is 1.17. The molecule has 1 aliphatic rings. The molecule has 0 aromatic carbocycles. The molecule has 0 saturated carbocycles. The minimum absolute atomic E-state index is 0.440. The number of aromatic amines is 1. The summed E-state index contributed by atoms with van der Waals surface area (Å²) >= 11 is 3.61. The van der Waals surface area contributed by atoms with E-state index in [4.69, 9.17) is 0 Å². The van der Waals surface area contributed by atoms with Crippen LogP contribution in [0.5, 0.6) is 0 Å². The van der Waals surface area contributed by atoms with E-state index in [2.05, 4.69) is 38.4 Å². The molecule has 14 heavy (non-hydrogen) atoms. The fourth-order valence-electron chi connectivity index (χ4n) is 1.93. The molecule has 2 heterocycles. The Kier molecular flexibility index (Phi) is 3.23. The third-order valence-corrected chi connectivity index (χ3v) is 3.68. The Morgan fingerprint density at radius 3 is 2.93 bits per heavy atom. The first-order valence-electron chi connectivity index (χ1n) is 5.29. The lowest BCUT2D eigenvalue weighted by molar-refractivity contribution is 0.404. The van der Waals surface area contributed by atoms with E-state index in [1.165, 1.54) is 29.4 Å². The Bertz CT molecular complexity index is 302. The number of aromatic nitrogens is 2. The summed E-state index contributed by atoms with van der Waals surface area (Å²) in [7, 11) is 0. The van der Waals surface area contributed by atoms with Gasteiger partial charge in [-0.1, -0.05) is 13.3 Å². The molecule has 2 rings (SSSR count). The Balaban J connectivity index is 2.18. The molecule has 1 aromatic rings. The van der Waals surface area contributed by atoms with Gasteiger partial charge >= 0.3 is 0 Å². The maximum Gasteiger partial charge on any atom is 0.0936 e. The summed E-state index contributed by atoms with van der Waals surface area (Å²) in [6.07, 6.45) is 4.80. The molecule has 78 valence electrons. The van der Waals surface area contributed by atoms with E-state index in [9.17, 15) is 0 Å². The number of nitrogens with one attached hydrogen (secondary N) is 2. The standard InChI is InChI=1S/C10H16BrN3/c1-2-7-9(11)10(14-13-7)8-5-3-4-6-12-8/h8,12H,2-6H2,1H3,(H,13,14). The second kappa shape index (κ2) is 4.45. The summed E-state index contributed by atoms with van der Waals surface area (Å²) in [6.45, 7) is 3.25. The molecule has 2 N–H and O–H groups in total. The molecule has 1 fully saturated rings. The molecule has 1 unspecified atom stereocenters. The van der Waals surface area contributed by atoms with Crippen LogP contribution in [0.25, 0.3) is 0 Å². The minimum atomic E-state index is 0.440. The fourth-order valence-corrected chi connectivity index (χ4v) is 2.66. The first-order valence-corrected chi connectivity index (χ1v) is 6.08. The van der Waals surface area contributed by atoms with Crippen molar-refractivity contribution in [3.05, 3.63) is 15.9 Å². The van der Waals surface area contributed by atoms with Crippen molar-refractivity contribution in [3.63, 3.8) is 0 Å². The number of halogens is 1. The van der Waals surface area contributed by atoms with Crippen LogP contribution in [-0.4, -0.2) is 16.7 Å². The van der Waals surface area contributed by atoms with Crippen molar-refractivity contribution in [2.75, 3.05) is 6.54 Å². The topological polar surface area (TPSA) is 40.7 Å². The van der Waals surface area contributed by atoms with Gasteiger partial charge in [0.05, 0.1) is 16.2 Å². The van der Waals surface area contributed by atoms with E-state index >= 15 is 0 Å². The number of aryl methyl sites for hydroxylation is 1. The van der Waals surface area contributed by atoms with Crippen molar-refractivity contribution >= 4 is 15.9 Å². The Hall–Kier alpha value is -0.350. The van der Waals surface area contributed by atoms with E-state index in [0.717, 1.165) is 18.7 Å². The number of H-pyrrole nitrogens is 1. The first-order chi connectivity index (χ1) is 6.83. The van der Waals surface area contributed by atoms with Crippen LogP contribution in [0.4, 0.5) is 0 Å². The molecule has 4 heteroatoms. The van der Waals surface area contributed by atoms with Gasteiger partial charge in [-0.15, -0.1) is 0 Å². The fraction of sp³-hybridized carbons (Fsp3) is 0.700. The van der Waals surface area contributed by atoms with Crippen LogP contribution in [0.3, 0.4) is 0 Å². The van der Waals surface area contributed by atoms with Crippen LogP contribution in [0.2, 0.25) is 0 Å². The zero-order valence-corrected chi connectivity index (χ0v) is 10.0. The van der Waals surface area contributed by atoms with E-state index in [1.54, 1.807) is 0 Å². The van der Waals surface area contributed by atoms with Crippen LogP contribution >= 0.6 is 15.9 Å². The number of hydrogen-bond acceptors (Lipinski definition) is 2. The van der Waals surface area contributed by atoms with Crippen LogP contribution in [0.15, 0.2) is 4.47 Å². The summed E-state index contributed by atoms with van der Waals surface area (Å²) in [5, 5.41) is 11.0. The van der Waals surface area contributed by atoms with Gasteiger partial charge in [-0.2, -0.15) is 5.10 Å². The van der Waals surface area contributed by atoms with Crippen LogP contribution in [0.1, 0.15) is 43.6 Å². The van der Waals surface area contributed by atoms with Gasteiger partial charge in [-0.05, 0) is 41.7 Å². The first kappa shape index (κ1) is 10.2. The van der Waals surface area contributed by atoms with Crippen molar-refractivity contribution in [1.29, 1.82) is 0 Å². The lowest BCUT2D eigenvalue weighted by Gasteiger charge is -2.21. The Morgan fingerprint density at radius 1 is 1.50 bits per heavy atom. The molecule has 0 aliphatic carbocycles. The highest BCUT2D eigenvalue weighted by molar-refractivity contribution is 9.10. The normalized spacial score (nSPS) is 22.6. The summed E-state index contributed by atoms with van der Waals surface area (Å²) in [6, 6.07) is 0.440. The van der Waals surface area contributed by atoms with E-state index < -0.39 is 0 Å².